The minimum absolute atomic E-state index is 0.0684. The first-order chi connectivity index (χ1) is 16.1. The fourth-order valence-corrected chi connectivity index (χ4v) is 4.47. The van der Waals surface area contributed by atoms with Crippen molar-refractivity contribution >= 4 is 5.69 Å². The van der Waals surface area contributed by atoms with Gasteiger partial charge < -0.3 is 15.2 Å². The predicted octanol–water partition coefficient (Wildman–Crippen LogP) is 8.49. The highest BCUT2D eigenvalue weighted by Gasteiger charge is 2.07. The normalized spacial score (nSPS) is 11.0. The third-order valence-corrected chi connectivity index (χ3v) is 6.37. The lowest BCUT2D eigenvalue weighted by Gasteiger charge is -2.15. The molecule has 3 heteroatoms. The van der Waals surface area contributed by atoms with Gasteiger partial charge in [-0.05, 0) is 54.7 Å². The summed E-state index contributed by atoms with van der Waals surface area (Å²) < 4.78 is 6.16. The van der Waals surface area contributed by atoms with Crippen molar-refractivity contribution < 1.29 is 9.84 Å². The molecule has 0 aliphatic heterocycles. The summed E-state index contributed by atoms with van der Waals surface area (Å²) >= 11 is 0. The molecule has 0 saturated heterocycles. The standard InChI is InChI=1S/C30H47NO2/c1-4-5-6-7-8-9-10-11-12-13-14-15-19-33-30-25(2)20-28(21-26(30)3)23-31-29-18-16-17-27(22-29)24-32/h16-18,20-22,31-32H,4-15,19,23-24H2,1-3H3. The molecule has 2 aromatic carbocycles. The van der Waals surface area contributed by atoms with Crippen LogP contribution in [0.2, 0.25) is 0 Å². The number of anilines is 1. The van der Waals surface area contributed by atoms with Crippen LogP contribution in [0, 0.1) is 13.8 Å². The van der Waals surface area contributed by atoms with E-state index in [-0.39, 0.29) is 6.61 Å². The summed E-state index contributed by atoms with van der Waals surface area (Å²) in [5, 5.41) is 12.8. The van der Waals surface area contributed by atoms with Crippen LogP contribution in [0.25, 0.3) is 0 Å². The van der Waals surface area contributed by atoms with Crippen molar-refractivity contribution in [1.82, 2.24) is 0 Å². The molecule has 0 radical (unpaired) electrons. The lowest BCUT2D eigenvalue weighted by Crippen LogP contribution is -2.04. The first kappa shape index (κ1) is 27.2. The zero-order valence-corrected chi connectivity index (χ0v) is 21.4. The maximum atomic E-state index is 9.30. The van der Waals surface area contributed by atoms with Gasteiger partial charge in [0.05, 0.1) is 13.2 Å². The molecule has 0 heterocycles. The van der Waals surface area contributed by atoms with E-state index in [1.807, 2.05) is 24.3 Å². The average Bonchev–Trinajstić information content (AvgIpc) is 2.82. The number of hydrogen-bond donors (Lipinski definition) is 2. The van der Waals surface area contributed by atoms with E-state index in [4.69, 9.17) is 4.74 Å². The van der Waals surface area contributed by atoms with E-state index in [1.54, 1.807) is 0 Å². The number of ether oxygens (including phenoxy) is 1. The van der Waals surface area contributed by atoms with E-state index in [0.717, 1.165) is 36.6 Å². The Hall–Kier alpha value is -2.00. The maximum Gasteiger partial charge on any atom is 0.125 e. The number of aliphatic hydroxyl groups excluding tert-OH is 1. The maximum absolute atomic E-state index is 9.30. The van der Waals surface area contributed by atoms with Crippen molar-refractivity contribution in [3.63, 3.8) is 0 Å². The Morgan fingerprint density at radius 1 is 0.727 bits per heavy atom. The highest BCUT2D eigenvalue weighted by atomic mass is 16.5. The SMILES string of the molecule is CCCCCCCCCCCCCCOc1c(C)cc(CNc2cccc(CO)c2)cc1C. The molecule has 2 rings (SSSR count). The third-order valence-electron chi connectivity index (χ3n) is 6.37. The van der Waals surface area contributed by atoms with E-state index in [0.29, 0.717) is 0 Å². The van der Waals surface area contributed by atoms with Gasteiger partial charge >= 0.3 is 0 Å². The van der Waals surface area contributed by atoms with Crippen LogP contribution in [0.1, 0.15) is 106 Å². The number of rotatable bonds is 18. The number of aryl methyl sites for hydroxylation is 2. The second-order valence-electron chi connectivity index (χ2n) is 9.51. The Labute approximate surface area is 203 Å². The summed E-state index contributed by atoms with van der Waals surface area (Å²) in [5.74, 6) is 1.05. The van der Waals surface area contributed by atoms with Crippen LogP contribution >= 0.6 is 0 Å². The van der Waals surface area contributed by atoms with Gasteiger partial charge in [0.2, 0.25) is 0 Å². The summed E-state index contributed by atoms with van der Waals surface area (Å²) in [6.45, 7) is 8.20. The molecular weight excluding hydrogens is 406 g/mol. The first-order valence-corrected chi connectivity index (χ1v) is 13.3. The van der Waals surface area contributed by atoms with Crippen molar-refractivity contribution in [1.29, 1.82) is 0 Å². The molecule has 0 aliphatic carbocycles. The molecule has 0 unspecified atom stereocenters. The van der Waals surface area contributed by atoms with Crippen LogP contribution < -0.4 is 10.1 Å². The molecule has 0 spiro atoms. The van der Waals surface area contributed by atoms with Crippen molar-refractivity contribution in [2.24, 2.45) is 0 Å². The molecule has 0 amide bonds. The number of aliphatic hydroxyl groups is 1. The second kappa shape index (κ2) is 16.6. The first-order valence-electron chi connectivity index (χ1n) is 13.3. The predicted molar refractivity (Wildman–Crippen MR) is 142 cm³/mol. The third kappa shape index (κ3) is 11.1. The van der Waals surface area contributed by atoms with Gasteiger partial charge in [-0.25, -0.2) is 0 Å². The van der Waals surface area contributed by atoms with E-state index in [9.17, 15) is 5.11 Å². The highest BCUT2D eigenvalue weighted by molar-refractivity contribution is 5.48. The van der Waals surface area contributed by atoms with Gasteiger partial charge in [-0.1, -0.05) is 102 Å². The minimum Gasteiger partial charge on any atom is -0.493 e. The molecule has 0 aliphatic rings. The fourth-order valence-electron chi connectivity index (χ4n) is 4.47. The molecule has 3 nitrogen and oxygen atoms in total. The van der Waals surface area contributed by atoms with Crippen molar-refractivity contribution in [3.8, 4) is 5.75 Å². The molecule has 2 N–H and O–H groups in total. The molecule has 0 atom stereocenters. The van der Waals surface area contributed by atoms with Crippen LogP contribution in [0.15, 0.2) is 36.4 Å². The zero-order chi connectivity index (χ0) is 23.7. The lowest BCUT2D eigenvalue weighted by molar-refractivity contribution is 0.282. The van der Waals surface area contributed by atoms with Gasteiger partial charge in [0, 0.05) is 12.2 Å². The molecular formula is C30H47NO2. The number of hydrogen-bond acceptors (Lipinski definition) is 3. The van der Waals surface area contributed by atoms with Crippen LogP contribution in [-0.4, -0.2) is 11.7 Å². The summed E-state index contributed by atoms with van der Waals surface area (Å²) in [6.07, 6.45) is 16.4. The topological polar surface area (TPSA) is 41.5 Å². The number of benzene rings is 2. The van der Waals surface area contributed by atoms with Gasteiger partial charge in [-0.2, -0.15) is 0 Å². The average molecular weight is 454 g/mol. The second-order valence-corrected chi connectivity index (χ2v) is 9.51. The van der Waals surface area contributed by atoms with Crippen LogP contribution in [0.5, 0.6) is 5.75 Å². The lowest BCUT2D eigenvalue weighted by atomic mass is 10.0. The fraction of sp³-hybridized carbons (Fsp3) is 0.600. The summed E-state index contributed by atoms with van der Waals surface area (Å²) in [5.41, 5.74) is 5.61. The Balaban J connectivity index is 1.60. The van der Waals surface area contributed by atoms with E-state index in [2.05, 4.69) is 38.2 Å². The number of nitrogens with one attached hydrogen (secondary N) is 1. The van der Waals surface area contributed by atoms with Gasteiger partial charge in [-0.3, -0.25) is 0 Å². The van der Waals surface area contributed by atoms with E-state index in [1.165, 1.54) is 87.3 Å². The summed E-state index contributed by atoms with van der Waals surface area (Å²) in [6, 6.07) is 12.4. The Kier molecular flexibility index (Phi) is 13.7. The molecule has 0 bridgehead atoms. The van der Waals surface area contributed by atoms with E-state index >= 15 is 0 Å². The summed E-state index contributed by atoms with van der Waals surface area (Å²) in [4.78, 5) is 0. The van der Waals surface area contributed by atoms with Gasteiger partial charge in [0.1, 0.15) is 5.75 Å². The minimum atomic E-state index is 0.0684. The molecule has 0 aromatic heterocycles. The molecule has 184 valence electrons. The Bertz CT molecular complexity index is 764. The van der Waals surface area contributed by atoms with Gasteiger partial charge in [0.25, 0.3) is 0 Å². The largest absolute Gasteiger partial charge is 0.493 e. The molecule has 0 saturated carbocycles. The molecule has 2 aromatic rings. The zero-order valence-electron chi connectivity index (χ0n) is 21.4. The Morgan fingerprint density at radius 2 is 1.30 bits per heavy atom. The quantitative estimate of drug-likeness (QED) is 0.222. The number of unbranched alkanes of at least 4 members (excludes halogenated alkanes) is 11. The van der Waals surface area contributed by atoms with Crippen LogP contribution in [0.3, 0.4) is 0 Å². The van der Waals surface area contributed by atoms with Crippen molar-refractivity contribution in [2.45, 2.75) is 111 Å². The highest BCUT2D eigenvalue weighted by Crippen LogP contribution is 2.26. The van der Waals surface area contributed by atoms with Crippen molar-refractivity contribution in [3.05, 3.63) is 58.7 Å². The molecule has 33 heavy (non-hydrogen) atoms. The van der Waals surface area contributed by atoms with E-state index < -0.39 is 0 Å². The Morgan fingerprint density at radius 3 is 1.88 bits per heavy atom. The van der Waals surface area contributed by atoms with Crippen LogP contribution in [0.4, 0.5) is 5.69 Å². The monoisotopic (exact) mass is 453 g/mol. The smallest absolute Gasteiger partial charge is 0.125 e. The molecule has 0 fully saturated rings. The van der Waals surface area contributed by atoms with Gasteiger partial charge in [0.15, 0.2) is 0 Å². The van der Waals surface area contributed by atoms with Gasteiger partial charge in [-0.15, -0.1) is 0 Å². The van der Waals surface area contributed by atoms with Crippen LogP contribution in [-0.2, 0) is 13.2 Å². The van der Waals surface area contributed by atoms with Crippen molar-refractivity contribution in [2.75, 3.05) is 11.9 Å². The summed E-state index contributed by atoms with van der Waals surface area (Å²) in [7, 11) is 0.